The lowest BCUT2D eigenvalue weighted by atomic mass is 10.1. The molecule has 112 valence electrons. The molecule has 6 heteroatoms. The quantitative estimate of drug-likeness (QED) is 0.820. The molecule has 0 fully saturated rings. The van der Waals surface area contributed by atoms with E-state index >= 15 is 0 Å². The van der Waals surface area contributed by atoms with Crippen LogP contribution in [0.2, 0.25) is 0 Å². The number of hydrogen-bond donors (Lipinski definition) is 1. The van der Waals surface area contributed by atoms with E-state index in [9.17, 15) is 13.2 Å². The van der Waals surface area contributed by atoms with Crippen LogP contribution in [0, 0.1) is 0 Å². The Morgan fingerprint density at radius 2 is 1.86 bits per heavy atom. The van der Waals surface area contributed by atoms with Gasteiger partial charge < -0.3 is 10.1 Å². The molecule has 0 bridgehead atoms. The Bertz CT molecular complexity index is 629. The Morgan fingerprint density at radius 3 is 2.52 bits per heavy atom. The monoisotopic (exact) mass is 359 g/mol. The van der Waals surface area contributed by atoms with Crippen LogP contribution < -0.4 is 10.1 Å². The van der Waals surface area contributed by atoms with E-state index in [1.165, 1.54) is 19.2 Å². The van der Waals surface area contributed by atoms with Gasteiger partial charge in [-0.1, -0.05) is 18.2 Å². The van der Waals surface area contributed by atoms with Crippen molar-refractivity contribution in [1.82, 2.24) is 0 Å². The van der Waals surface area contributed by atoms with Crippen molar-refractivity contribution < 1.29 is 17.9 Å². The molecule has 0 amide bonds. The third-order valence-electron chi connectivity index (χ3n) is 2.97. The summed E-state index contributed by atoms with van der Waals surface area (Å²) in [5.74, 6) is 0.629. The molecule has 0 atom stereocenters. The van der Waals surface area contributed by atoms with Gasteiger partial charge in [0.05, 0.1) is 18.4 Å². The van der Waals surface area contributed by atoms with E-state index < -0.39 is 11.7 Å². The molecule has 0 radical (unpaired) electrons. The molecule has 21 heavy (non-hydrogen) atoms. The van der Waals surface area contributed by atoms with Gasteiger partial charge in [0, 0.05) is 17.1 Å². The number of methoxy groups -OCH3 is 1. The first-order valence-electron chi connectivity index (χ1n) is 6.14. The van der Waals surface area contributed by atoms with Gasteiger partial charge in [-0.15, -0.1) is 0 Å². The van der Waals surface area contributed by atoms with Gasteiger partial charge in [-0.25, -0.2) is 0 Å². The minimum absolute atomic E-state index is 0.0709. The minimum Gasteiger partial charge on any atom is -0.497 e. The predicted molar refractivity (Wildman–Crippen MR) is 79.5 cm³/mol. The number of nitrogens with one attached hydrogen (secondary N) is 1. The number of rotatable bonds is 4. The van der Waals surface area contributed by atoms with E-state index in [1.54, 1.807) is 24.3 Å². The molecule has 2 nitrogen and oxygen atoms in total. The van der Waals surface area contributed by atoms with Crippen LogP contribution in [0.4, 0.5) is 18.9 Å². The summed E-state index contributed by atoms with van der Waals surface area (Å²) in [6.07, 6.45) is -4.36. The van der Waals surface area contributed by atoms with Crippen molar-refractivity contribution in [2.45, 2.75) is 12.7 Å². The second-order valence-electron chi connectivity index (χ2n) is 4.35. The van der Waals surface area contributed by atoms with Crippen molar-refractivity contribution in [2.75, 3.05) is 12.4 Å². The third-order valence-corrected chi connectivity index (χ3v) is 3.66. The lowest BCUT2D eigenvalue weighted by Gasteiger charge is -2.15. The summed E-state index contributed by atoms with van der Waals surface area (Å²) in [5, 5.41) is 2.99. The molecule has 0 aliphatic carbocycles. The van der Waals surface area contributed by atoms with E-state index in [-0.39, 0.29) is 12.1 Å². The number of anilines is 1. The average Bonchev–Trinajstić information content (AvgIpc) is 2.46. The van der Waals surface area contributed by atoms with E-state index in [1.807, 2.05) is 0 Å². The number of benzene rings is 2. The van der Waals surface area contributed by atoms with Crippen LogP contribution in [0.5, 0.6) is 5.75 Å². The van der Waals surface area contributed by atoms with Crippen molar-refractivity contribution in [3.05, 3.63) is 58.1 Å². The highest BCUT2D eigenvalue weighted by Crippen LogP contribution is 2.33. The highest BCUT2D eigenvalue weighted by atomic mass is 79.9. The number of ether oxygens (including phenoxy) is 1. The Balaban J connectivity index is 2.21. The van der Waals surface area contributed by atoms with Gasteiger partial charge in [0.15, 0.2) is 0 Å². The summed E-state index contributed by atoms with van der Waals surface area (Å²) >= 11 is 3.35. The Labute approximate surface area is 129 Å². The molecule has 0 aliphatic heterocycles. The molecule has 0 spiro atoms. The number of alkyl halides is 3. The van der Waals surface area contributed by atoms with Gasteiger partial charge >= 0.3 is 6.18 Å². The van der Waals surface area contributed by atoms with Crippen LogP contribution >= 0.6 is 15.9 Å². The summed E-state index contributed by atoms with van der Waals surface area (Å²) in [4.78, 5) is 0. The highest BCUT2D eigenvalue weighted by Gasteiger charge is 2.32. The standard InChI is InChI=1S/C15H13BrF3NO/c1-21-11-6-7-13(16)14(8-11)20-9-10-4-2-3-5-12(10)15(17,18)19/h2-8,20H,9H2,1H3. The molecular weight excluding hydrogens is 347 g/mol. The zero-order chi connectivity index (χ0) is 15.5. The fraction of sp³-hybridized carbons (Fsp3) is 0.200. The van der Waals surface area contributed by atoms with Crippen LogP contribution in [0.3, 0.4) is 0 Å². The Morgan fingerprint density at radius 1 is 1.14 bits per heavy atom. The molecule has 1 N–H and O–H groups in total. The molecule has 0 unspecified atom stereocenters. The second-order valence-corrected chi connectivity index (χ2v) is 5.21. The van der Waals surface area contributed by atoms with Crippen molar-refractivity contribution in [1.29, 1.82) is 0 Å². The summed E-state index contributed by atoms with van der Waals surface area (Å²) in [7, 11) is 1.53. The van der Waals surface area contributed by atoms with Crippen molar-refractivity contribution >= 4 is 21.6 Å². The van der Waals surface area contributed by atoms with Crippen molar-refractivity contribution in [3.8, 4) is 5.75 Å². The van der Waals surface area contributed by atoms with Gasteiger partial charge in [0.2, 0.25) is 0 Å². The fourth-order valence-electron chi connectivity index (χ4n) is 1.91. The van der Waals surface area contributed by atoms with Gasteiger partial charge in [-0.2, -0.15) is 13.2 Å². The molecule has 0 aliphatic rings. The van der Waals surface area contributed by atoms with E-state index in [2.05, 4.69) is 21.2 Å². The maximum atomic E-state index is 12.9. The zero-order valence-electron chi connectivity index (χ0n) is 11.2. The lowest BCUT2D eigenvalue weighted by Crippen LogP contribution is -2.11. The van der Waals surface area contributed by atoms with E-state index in [0.29, 0.717) is 11.4 Å². The Hall–Kier alpha value is -1.69. The summed E-state index contributed by atoms with van der Waals surface area (Å²) in [6.45, 7) is 0.0709. The largest absolute Gasteiger partial charge is 0.497 e. The van der Waals surface area contributed by atoms with E-state index in [0.717, 1.165) is 10.5 Å². The lowest BCUT2D eigenvalue weighted by molar-refractivity contribution is -0.138. The molecule has 2 aromatic rings. The first kappa shape index (κ1) is 15.7. The zero-order valence-corrected chi connectivity index (χ0v) is 12.8. The number of halogens is 4. The van der Waals surface area contributed by atoms with Crippen LogP contribution in [0.1, 0.15) is 11.1 Å². The van der Waals surface area contributed by atoms with Crippen molar-refractivity contribution in [3.63, 3.8) is 0 Å². The first-order valence-corrected chi connectivity index (χ1v) is 6.93. The molecule has 0 saturated carbocycles. The molecule has 2 rings (SSSR count). The Kier molecular flexibility index (Phi) is 4.77. The average molecular weight is 360 g/mol. The van der Waals surface area contributed by atoms with Gasteiger partial charge in [0.1, 0.15) is 5.75 Å². The maximum Gasteiger partial charge on any atom is 0.416 e. The van der Waals surface area contributed by atoms with E-state index in [4.69, 9.17) is 4.74 Å². The summed E-state index contributed by atoms with van der Waals surface area (Å²) < 4.78 is 44.6. The minimum atomic E-state index is -4.36. The van der Waals surface area contributed by atoms with Crippen LogP contribution in [-0.4, -0.2) is 7.11 Å². The van der Waals surface area contributed by atoms with Crippen molar-refractivity contribution in [2.24, 2.45) is 0 Å². The molecule has 0 saturated heterocycles. The van der Waals surface area contributed by atoms with Crippen LogP contribution in [0.25, 0.3) is 0 Å². The predicted octanol–water partition coefficient (Wildman–Crippen LogP) is 5.09. The fourth-order valence-corrected chi connectivity index (χ4v) is 2.30. The normalized spacial score (nSPS) is 11.3. The first-order chi connectivity index (χ1) is 9.91. The topological polar surface area (TPSA) is 21.3 Å². The SMILES string of the molecule is COc1ccc(Br)c(NCc2ccccc2C(F)(F)F)c1. The summed E-state index contributed by atoms with van der Waals surface area (Å²) in [5.41, 5.74) is 0.238. The van der Waals surface area contributed by atoms with Gasteiger partial charge in [-0.3, -0.25) is 0 Å². The maximum absolute atomic E-state index is 12.9. The molecule has 0 aromatic heterocycles. The van der Waals surface area contributed by atoms with Gasteiger partial charge in [0.25, 0.3) is 0 Å². The molecular formula is C15H13BrF3NO. The summed E-state index contributed by atoms with van der Waals surface area (Å²) in [6, 6.07) is 10.8. The molecule has 0 heterocycles. The smallest absolute Gasteiger partial charge is 0.416 e. The van der Waals surface area contributed by atoms with Crippen LogP contribution in [-0.2, 0) is 12.7 Å². The second kappa shape index (κ2) is 6.39. The highest BCUT2D eigenvalue weighted by molar-refractivity contribution is 9.10. The number of hydrogen-bond acceptors (Lipinski definition) is 2. The molecule has 2 aromatic carbocycles. The third kappa shape index (κ3) is 3.91. The van der Waals surface area contributed by atoms with Crippen LogP contribution in [0.15, 0.2) is 46.9 Å². The van der Waals surface area contributed by atoms with Gasteiger partial charge in [-0.05, 0) is 39.7 Å².